The average Bonchev–Trinajstić information content (AvgIpc) is 2.34. The highest BCUT2D eigenvalue weighted by Gasteiger charge is 2.10. The molecule has 0 unspecified atom stereocenters. The molecule has 0 radical (unpaired) electrons. The molecular weight excluding hydrogens is 337 g/mol. The van der Waals surface area contributed by atoms with Crippen LogP contribution in [0.3, 0.4) is 0 Å². The predicted molar refractivity (Wildman–Crippen MR) is 76.4 cm³/mol. The molecule has 1 aromatic carbocycles. The highest BCUT2D eigenvalue weighted by atomic mass is 79.9. The van der Waals surface area contributed by atoms with Crippen molar-refractivity contribution in [2.45, 2.75) is 6.92 Å². The number of nitrogens with zero attached hydrogens (tertiary/aromatic N) is 3. The molecular formula is C11H10BrClFN5. The van der Waals surface area contributed by atoms with Gasteiger partial charge in [-0.05, 0) is 46.6 Å². The smallest absolute Gasteiger partial charge is 0.233 e. The van der Waals surface area contributed by atoms with E-state index >= 15 is 0 Å². The lowest BCUT2D eigenvalue weighted by Gasteiger charge is -2.09. The van der Waals surface area contributed by atoms with E-state index in [0.717, 1.165) is 0 Å². The summed E-state index contributed by atoms with van der Waals surface area (Å²) in [6.07, 6.45) is 0. The van der Waals surface area contributed by atoms with Crippen molar-refractivity contribution < 1.29 is 4.39 Å². The van der Waals surface area contributed by atoms with Gasteiger partial charge < -0.3 is 10.6 Å². The quantitative estimate of drug-likeness (QED) is 0.885. The lowest BCUT2D eigenvalue weighted by Crippen LogP contribution is -2.07. The highest BCUT2D eigenvalue weighted by Crippen LogP contribution is 2.27. The largest absolute Gasteiger partial charge is 0.354 e. The number of hydrogen-bond acceptors (Lipinski definition) is 5. The van der Waals surface area contributed by atoms with E-state index in [0.29, 0.717) is 17.0 Å². The third-order valence-corrected chi connectivity index (χ3v) is 2.97. The summed E-state index contributed by atoms with van der Waals surface area (Å²) in [5.41, 5.74) is 0.243. The minimum absolute atomic E-state index is 0.0286. The second-order valence-electron chi connectivity index (χ2n) is 3.50. The molecule has 2 rings (SSSR count). The Morgan fingerprint density at radius 2 is 2.00 bits per heavy atom. The first-order valence-corrected chi connectivity index (χ1v) is 6.63. The average molecular weight is 347 g/mol. The maximum Gasteiger partial charge on any atom is 0.233 e. The van der Waals surface area contributed by atoms with E-state index in [9.17, 15) is 4.39 Å². The summed E-state index contributed by atoms with van der Waals surface area (Å²) < 4.78 is 14.2. The van der Waals surface area contributed by atoms with Gasteiger partial charge in [-0.2, -0.15) is 15.0 Å². The van der Waals surface area contributed by atoms with Gasteiger partial charge in [0.2, 0.25) is 17.2 Å². The fraction of sp³-hybridized carbons (Fsp3) is 0.182. The highest BCUT2D eigenvalue weighted by molar-refractivity contribution is 9.10. The Hall–Kier alpha value is -1.47. The number of nitrogens with one attached hydrogen (secondary N) is 2. The molecule has 0 saturated carbocycles. The summed E-state index contributed by atoms with van der Waals surface area (Å²) >= 11 is 9.03. The van der Waals surface area contributed by atoms with Gasteiger partial charge in [-0.15, -0.1) is 0 Å². The summed E-state index contributed by atoms with van der Waals surface area (Å²) in [6.45, 7) is 2.54. The van der Waals surface area contributed by atoms with Crippen molar-refractivity contribution in [2.24, 2.45) is 0 Å². The van der Waals surface area contributed by atoms with E-state index in [2.05, 4.69) is 41.5 Å². The molecule has 1 heterocycles. The minimum Gasteiger partial charge on any atom is -0.354 e. The summed E-state index contributed by atoms with van der Waals surface area (Å²) in [5.74, 6) is 0.0788. The zero-order valence-corrected chi connectivity index (χ0v) is 12.3. The molecule has 0 aliphatic carbocycles. The molecule has 0 amide bonds. The van der Waals surface area contributed by atoms with Gasteiger partial charge in [-0.1, -0.05) is 6.07 Å². The Bertz CT molecular complexity index is 575. The van der Waals surface area contributed by atoms with Crippen LogP contribution >= 0.6 is 27.5 Å². The van der Waals surface area contributed by atoms with Crippen molar-refractivity contribution in [1.82, 2.24) is 15.0 Å². The van der Waals surface area contributed by atoms with Crippen LogP contribution in [0, 0.1) is 5.82 Å². The van der Waals surface area contributed by atoms with Crippen molar-refractivity contribution in [1.29, 1.82) is 0 Å². The van der Waals surface area contributed by atoms with Gasteiger partial charge in [-0.25, -0.2) is 4.39 Å². The molecule has 2 N–H and O–H groups in total. The minimum atomic E-state index is -0.420. The monoisotopic (exact) mass is 345 g/mol. The SMILES string of the molecule is CCNc1nc(Cl)nc(Nc2c(F)cccc2Br)n1. The molecule has 0 fully saturated rings. The zero-order valence-electron chi connectivity index (χ0n) is 9.91. The van der Waals surface area contributed by atoms with Crippen LogP contribution in [-0.2, 0) is 0 Å². The first-order chi connectivity index (χ1) is 9.10. The standard InChI is InChI=1S/C11H10BrClFN5/c1-2-15-10-17-9(13)18-11(19-10)16-8-6(12)4-3-5-7(8)14/h3-5H,2H2,1H3,(H2,15,16,17,18,19). The number of para-hydroxylation sites is 1. The summed E-state index contributed by atoms with van der Waals surface area (Å²) in [6, 6.07) is 4.63. The number of benzene rings is 1. The number of rotatable bonds is 4. The van der Waals surface area contributed by atoms with Gasteiger partial charge in [0.1, 0.15) is 5.82 Å². The van der Waals surface area contributed by atoms with Crippen LogP contribution in [0.2, 0.25) is 5.28 Å². The first kappa shape index (κ1) is 14.0. The Morgan fingerprint density at radius 1 is 1.26 bits per heavy atom. The predicted octanol–water partition coefficient (Wildman–Crippen LogP) is 3.60. The molecule has 0 saturated heterocycles. The molecule has 5 nitrogen and oxygen atoms in total. The van der Waals surface area contributed by atoms with Crippen molar-refractivity contribution in [2.75, 3.05) is 17.2 Å². The number of anilines is 3. The lowest BCUT2D eigenvalue weighted by molar-refractivity contribution is 0.631. The molecule has 1 aromatic heterocycles. The second-order valence-corrected chi connectivity index (χ2v) is 4.70. The van der Waals surface area contributed by atoms with E-state index in [1.54, 1.807) is 12.1 Å². The van der Waals surface area contributed by atoms with Crippen LogP contribution in [0.4, 0.5) is 22.0 Å². The molecule has 0 aliphatic rings. The Morgan fingerprint density at radius 3 is 2.68 bits per heavy atom. The van der Waals surface area contributed by atoms with Gasteiger partial charge in [-0.3, -0.25) is 0 Å². The lowest BCUT2D eigenvalue weighted by atomic mass is 10.3. The van der Waals surface area contributed by atoms with Crippen LogP contribution in [-0.4, -0.2) is 21.5 Å². The van der Waals surface area contributed by atoms with Gasteiger partial charge in [0, 0.05) is 11.0 Å². The van der Waals surface area contributed by atoms with E-state index in [-0.39, 0.29) is 16.9 Å². The van der Waals surface area contributed by atoms with E-state index in [1.165, 1.54) is 6.07 Å². The van der Waals surface area contributed by atoms with Crippen molar-refractivity contribution in [3.63, 3.8) is 0 Å². The molecule has 0 bridgehead atoms. The molecule has 8 heteroatoms. The van der Waals surface area contributed by atoms with Gasteiger partial charge in [0.15, 0.2) is 0 Å². The zero-order chi connectivity index (χ0) is 13.8. The summed E-state index contributed by atoms with van der Waals surface area (Å²) in [4.78, 5) is 11.9. The van der Waals surface area contributed by atoms with Crippen LogP contribution in [0.5, 0.6) is 0 Å². The molecule has 2 aromatic rings. The van der Waals surface area contributed by atoms with Crippen molar-refractivity contribution in [3.05, 3.63) is 33.8 Å². The first-order valence-electron chi connectivity index (χ1n) is 5.46. The van der Waals surface area contributed by atoms with Crippen LogP contribution in [0.15, 0.2) is 22.7 Å². The fourth-order valence-electron chi connectivity index (χ4n) is 1.37. The van der Waals surface area contributed by atoms with Crippen molar-refractivity contribution >= 4 is 45.1 Å². The summed E-state index contributed by atoms with van der Waals surface area (Å²) in [5, 5.41) is 5.71. The van der Waals surface area contributed by atoms with E-state index in [4.69, 9.17) is 11.6 Å². The second kappa shape index (κ2) is 6.12. The topological polar surface area (TPSA) is 62.7 Å². The van der Waals surface area contributed by atoms with Crippen molar-refractivity contribution in [3.8, 4) is 0 Å². The normalized spacial score (nSPS) is 10.3. The Labute approximate surface area is 122 Å². The third kappa shape index (κ3) is 3.51. The molecule has 100 valence electrons. The van der Waals surface area contributed by atoms with Crippen LogP contribution in [0.1, 0.15) is 6.92 Å². The number of halogens is 3. The number of aromatic nitrogens is 3. The summed E-state index contributed by atoms with van der Waals surface area (Å²) in [7, 11) is 0. The number of hydrogen-bond donors (Lipinski definition) is 2. The van der Waals surface area contributed by atoms with Gasteiger partial charge in [0.25, 0.3) is 0 Å². The van der Waals surface area contributed by atoms with Crippen LogP contribution in [0.25, 0.3) is 0 Å². The maximum atomic E-state index is 13.7. The van der Waals surface area contributed by atoms with Gasteiger partial charge in [0.05, 0.1) is 5.69 Å². The third-order valence-electron chi connectivity index (χ3n) is 2.14. The molecule has 0 atom stereocenters. The van der Waals surface area contributed by atoms with Gasteiger partial charge >= 0.3 is 0 Å². The molecule has 0 spiro atoms. The fourth-order valence-corrected chi connectivity index (χ4v) is 1.97. The van der Waals surface area contributed by atoms with E-state index < -0.39 is 5.82 Å². The van der Waals surface area contributed by atoms with Crippen LogP contribution < -0.4 is 10.6 Å². The molecule has 19 heavy (non-hydrogen) atoms. The Balaban J connectivity index is 2.33. The Kier molecular flexibility index (Phi) is 4.49. The molecule has 0 aliphatic heterocycles. The van der Waals surface area contributed by atoms with E-state index in [1.807, 2.05) is 6.92 Å². The maximum absolute atomic E-state index is 13.7.